The van der Waals surface area contributed by atoms with Crippen LogP contribution in [0.25, 0.3) is 11.2 Å². The molecule has 6 atom stereocenters. The minimum absolute atomic E-state index is 0.214. The lowest BCUT2D eigenvalue weighted by atomic mass is 9.96. The van der Waals surface area contributed by atoms with Gasteiger partial charge in [0.15, 0.2) is 23.2 Å². The van der Waals surface area contributed by atoms with Crippen LogP contribution in [0.1, 0.15) is 45.8 Å². The summed E-state index contributed by atoms with van der Waals surface area (Å²) in [6, 6.07) is 7.30. The van der Waals surface area contributed by atoms with E-state index in [0.717, 1.165) is 19.3 Å². The van der Waals surface area contributed by atoms with Crippen LogP contribution < -0.4 is 14.9 Å². The Labute approximate surface area is 237 Å². The van der Waals surface area contributed by atoms with Crippen molar-refractivity contribution in [2.75, 3.05) is 25.1 Å². The molecule has 0 saturated carbocycles. The van der Waals surface area contributed by atoms with E-state index >= 15 is 0 Å². The van der Waals surface area contributed by atoms with Crippen LogP contribution in [0.3, 0.4) is 0 Å². The number of aliphatic hydroxyl groups excluding tert-OH is 1. The standard InChI is InChI=1S/C26H35N6O8P/c1-17-24(34)37-13-9-4-3-8-12-27-22-20-23(29-15-28-22)32(16-30-20)25-26(2,35)21(33)19(39-25)14-38-41(36,31-17)40-18-10-6-5-7-11-18/h5-7,10-11,15-17,19,21,25,33,35H,3-4,8-9,12-14H2,1-2H3,(H,31,36)(H,27,28,29)/t17-,19-,21-,25-,26-,41?/m1/s1. The molecule has 6 bridgehead atoms. The van der Waals surface area contributed by atoms with Crippen molar-refractivity contribution >= 4 is 30.7 Å². The van der Waals surface area contributed by atoms with Gasteiger partial charge >= 0.3 is 13.7 Å². The summed E-state index contributed by atoms with van der Waals surface area (Å²) in [7, 11) is -4.21. The van der Waals surface area contributed by atoms with E-state index in [-0.39, 0.29) is 12.4 Å². The summed E-state index contributed by atoms with van der Waals surface area (Å²) in [4.78, 5) is 25.7. The number of imidazole rings is 1. The van der Waals surface area contributed by atoms with Crippen LogP contribution in [0.5, 0.6) is 5.75 Å². The van der Waals surface area contributed by atoms with Gasteiger partial charge in [-0.2, -0.15) is 5.09 Å². The lowest BCUT2D eigenvalue weighted by Crippen LogP contribution is -2.44. The van der Waals surface area contributed by atoms with Crippen LogP contribution in [-0.2, 0) is 23.4 Å². The van der Waals surface area contributed by atoms with Crippen LogP contribution in [0, 0.1) is 0 Å². The highest BCUT2D eigenvalue weighted by atomic mass is 31.2. The number of hydrogen-bond donors (Lipinski definition) is 4. The van der Waals surface area contributed by atoms with Crippen LogP contribution in [0.15, 0.2) is 43.0 Å². The van der Waals surface area contributed by atoms with E-state index in [1.54, 1.807) is 30.3 Å². The molecule has 222 valence electrons. The maximum absolute atomic E-state index is 13.9. The van der Waals surface area contributed by atoms with Gasteiger partial charge < -0.3 is 29.5 Å². The summed E-state index contributed by atoms with van der Waals surface area (Å²) >= 11 is 0. The van der Waals surface area contributed by atoms with E-state index in [0.29, 0.717) is 29.9 Å². The molecule has 4 heterocycles. The molecule has 41 heavy (non-hydrogen) atoms. The lowest BCUT2D eigenvalue weighted by molar-refractivity contribution is -0.145. The zero-order chi connectivity index (χ0) is 29.0. The number of nitrogens with one attached hydrogen (secondary N) is 2. The zero-order valence-electron chi connectivity index (χ0n) is 22.9. The number of aliphatic hydroxyl groups is 2. The van der Waals surface area contributed by atoms with Crippen molar-refractivity contribution < 1.29 is 38.1 Å². The first-order valence-corrected chi connectivity index (χ1v) is 15.1. The molecular formula is C26H35N6O8P. The van der Waals surface area contributed by atoms with Crippen molar-refractivity contribution in [3.05, 3.63) is 43.0 Å². The fourth-order valence-electron chi connectivity index (χ4n) is 4.79. The summed E-state index contributed by atoms with van der Waals surface area (Å²) < 4.78 is 38.2. The molecular weight excluding hydrogens is 555 g/mol. The average molecular weight is 591 g/mol. The zero-order valence-corrected chi connectivity index (χ0v) is 23.8. The highest BCUT2D eigenvalue weighted by Crippen LogP contribution is 2.47. The Bertz CT molecular complexity index is 1390. The molecule has 1 saturated heterocycles. The first-order chi connectivity index (χ1) is 19.7. The number of rotatable bonds is 2. The molecule has 0 spiro atoms. The van der Waals surface area contributed by atoms with E-state index in [1.807, 2.05) is 0 Å². The molecule has 2 aliphatic heterocycles. The molecule has 0 amide bonds. The SMILES string of the molecule is C[C@H]1NP(=O)(Oc2ccccc2)OC[C@H]2O[C@@H](n3cnc4c(ncnc43)NCCCCCCOC1=O)[C@](C)(O)[C@@H]2O. The molecule has 5 rings (SSSR count). The van der Waals surface area contributed by atoms with Crippen molar-refractivity contribution in [1.29, 1.82) is 0 Å². The number of cyclic esters (lactones) is 1. The van der Waals surface area contributed by atoms with Gasteiger partial charge in [-0.1, -0.05) is 24.6 Å². The average Bonchev–Trinajstić information content (AvgIpc) is 3.47. The number of para-hydroxylation sites is 1. The molecule has 4 N–H and O–H groups in total. The van der Waals surface area contributed by atoms with Crippen molar-refractivity contribution in [3.8, 4) is 5.75 Å². The van der Waals surface area contributed by atoms with Gasteiger partial charge in [-0.3, -0.25) is 13.9 Å². The Balaban J connectivity index is 1.43. The molecule has 2 aliphatic rings. The van der Waals surface area contributed by atoms with Gasteiger partial charge in [0.25, 0.3) is 0 Å². The van der Waals surface area contributed by atoms with E-state index in [1.165, 1.54) is 31.1 Å². The fourth-order valence-corrected chi connectivity index (χ4v) is 6.29. The topological polar surface area (TPSA) is 179 Å². The number of aromatic nitrogens is 4. The third kappa shape index (κ3) is 6.53. The number of esters is 1. The second-order valence-corrected chi connectivity index (χ2v) is 12.0. The molecule has 2 aromatic heterocycles. The van der Waals surface area contributed by atoms with Crippen LogP contribution >= 0.6 is 7.75 Å². The normalized spacial score (nSPS) is 32.1. The Morgan fingerprint density at radius 2 is 1.93 bits per heavy atom. The number of anilines is 1. The van der Waals surface area contributed by atoms with E-state index < -0.39 is 50.4 Å². The van der Waals surface area contributed by atoms with Gasteiger partial charge in [0.1, 0.15) is 35.9 Å². The Hall–Kier alpha value is -3.13. The number of ether oxygens (including phenoxy) is 2. The van der Waals surface area contributed by atoms with Gasteiger partial charge in [-0.15, -0.1) is 0 Å². The minimum Gasteiger partial charge on any atom is -0.465 e. The van der Waals surface area contributed by atoms with E-state index in [2.05, 4.69) is 25.4 Å². The molecule has 0 radical (unpaired) electrons. The lowest BCUT2D eigenvalue weighted by Gasteiger charge is -2.27. The number of carbonyl (C=O) groups excluding carboxylic acids is 1. The quantitative estimate of drug-likeness (QED) is 0.253. The van der Waals surface area contributed by atoms with Crippen LogP contribution in [-0.4, -0.2) is 79.3 Å². The van der Waals surface area contributed by atoms with Crippen LogP contribution in [0.2, 0.25) is 0 Å². The Morgan fingerprint density at radius 1 is 1.15 bits per heavy atom. The van der Waals surface area contributed by atoms with Crippen molar-refractivity contribution in [1.82, 2.24) is 24.6 Å². The molecule has 15 heteroatoms. The minimum atomic E-state index is -4.21. The van der Waals surface area contributed by atoms with Gasteiger partial charge in [0, 0.05) is 6.54 Å². The van der Waals surface area contributed by atoms with Gasteiger partial charge in [-0.05, 0) is 45.2 Å². The molecule has 1 unspecified atom stereocenters. The maximum atomic E-state index is 13.9. The molecule has 14 nitrogen and oxygen atoms in total. The molecule has 0 aliphatic carbocycles. The number of benzene rings is 1. The summed E-state index contributed by atoms with van der Waals surface area (Å²) in [6.07, 6.45) is 2.43. The third-order valence-corrected chi connectivity index (χ3v) is 8.70. The number of nitrogens with zero attached hydrogens (tertiary/aromatic N) is 4. The summed E-state index contributed by atoms with van der Waals surface area (Å²) in [5.74, 6) is 0.160. The fraction of sp³-hybridized carbons (Fsp3) is 0.538. The highest BCUT2D eigenvalue weighted by molar-refractivity contribution is 7.52. The molecule has 1 aromatic carbocycles. The first kappa shape index (κ1) is 29.4. The van der Waals surface area contributed by atoms with E-state index in [9.17, 15) is 19.6 Å². The van der Waals surface area contributed by atoms with Crippen molar-refractivity contribution in [2.45, 2.75) is 69.6 Å². The monoisotopic (exact) mass is 590 g/mol. The predicted molar refractivity (Wildman–Crippen MR) is 147 cm³/mol. The molecule has 1 fully saturated rings. The summed E-state index contributed by atoms with van der Waals surface area (Å²) in [5.41, 5.74) is -0.916. The Kier molecular flexibility index (Phi) is 8.88. The van der Waals surface area contributed by atoms with Gasteiger partial charge in [-0.25, -0.2) is 19.5 Å². The van der Waals surface area contributed by atoms with Crippen molar-refractivity contribution in [2.24, 2.45) is 0 Å². The summed E-state index contributed by atoms with van der Waals surface area (Å²) in [6.45, 7) is 3.33. The maximum Gasteiger partial charge on any atom is 0.459 e. The number of fused-ring (bicyclic) bond motifs is 3. The smallest absolute Gasteiger partial charge is 0.459 e. The number of hydrogen-bond acceptors (Lipinski definition) is 12. The summed E-state index contributed by atoms with van der Waals surface area (Å²) in [5, 5.41) is 28.2. The molecule has 3 aromatic rings. The van der Waals surface area contributed by atoms with Crippen LogP contribution in [0.4, 0.5) is 5.82 Å². The van der Waals surface area contributed by atoms with E-state index in [4.69, 9.17) is 18.5 Å². The second kappa shape index (κ2) is 12.4. The van der Waals surface area contributed by atoms with Gasteiger partial charge in [0.05, 0.1) is 19.5 Å². The second-order valence-electron chi connectivity index (χ2n) is 10.3. The third-order valence-electron chi connectivity index (χ3n) is 7.06. The van der Waals surface area contributed by atoms with Crippen molar-refractivity contribution in [3.63, 3.8) is 0 Å². The largest absolute Gasteiger partial charge is 0.465 e. The first-order valence-electron chi connectivity index (χ1n) is 13.6. The number of carbonyl (C=O) groups is 1. The highest BCUT2D eigenvalue weighted by Gasteiger charge is 2.54. The predicted octanol–water partition coefficient (Wildman–Crippen LogP) is 2.55. The van der Waals surface area contributed by atoms with Gasteiger partial charge in [0.2, 0.25) is 0 Å². The Morgan fingerprint density at radius 3 is 2.73 bits per heavy atom.